The van der Waals surface area contributed by atoms with Gasteiger partial charge in [-0.25, -0.2) is 0 Å². The van der Waals surface area contributed by atoms with Crippen LogP contribution >= 0.6 is 7.82 Å². The average Bonchev–Trinajstić information content (AvgIpc) is 3.36. The number of unbranched alkanes of at least 4 members (excludes halogenated alkanes) is 15. The first-order valence-electron chi connectivity index (χ1n) is 28.9. The number of hydrogen-bond acceptors (Lipinski definition) is 8. The first-order chi connectivity index (χ1) is 36.0. The van der Waals surface area contributed by atoms with Crippen LogP contribution in [0.25, 0.3) is 0 Å². The SMILES string of the molecule is CC/C=C\C/C=C\C/C=C\C/C=C\C/C=C\C/C=C\CCC(=O)OC(COC(=O)CCCCCCCCCCCCCCCCC/C=C\C/C=C\C/C=C\C/C=C\C/C=C\CC)COP(=O)([O-])OCC[N+](C)(C)C. The van der Waals surface area contributed by atoms with E-state index in [2.05, 4.69) is 135 Å². The Labute approximate surface area is 453 Å². The van der Waals surface area contributed by atoms with Crippen molar-refractivity contribution >= 4 is 19.8 Å². The molecule has 420 valence electrons. The number of nitrogens with zero attached hydrogens (tertiary/aromatic N) is 1. The third-order valence-electron chi connectivity index (χ3n) is 11.7. The van der Waals surface area contributed by atoms with Gasteiger partial charge >= 0.3 is 11.9 Å². The monoisotopic (exact) mass is 1050 g/mol. The van der Waals surface area contributed by atoms with E-state index in [0.717, 1.165) is 89.9 Å². The van der Waals surface area contributed by atoms with E-state index in [1.807, 2.05) is 33.3 Å². The van der Waals surface area contributed by atoms with Crippen molar-refractivity contribution in [3.63, 3.8) is 0 Å². The van der Waals surface area contributed by atoms with Crippen molar-refractivity contribution in [1.82, 2.24) is 0 Å². The van der Waals surface area contributed by atoms with Gasteiger partial charge in [-0.2, -0.15) is 0 Å². The minimum Gasteiger partial charge on any atom is -0.756 e. The van der Waals surface area contributed by atoms with E-state index in [1.165, 1.54) is 77.0 Å². The van der Waals surface area contributed by atoms with Crippen molar-refractivity contribution in [2.24, 2.45) is 0 Å². The number of allylic oxidation sites excluding steroid dienone is 22. The third kappa shape index (κ3) is 57.4. The lowest BCUT2D eigenvalue weighted by molar-refractivity contribution is -0.870. The van der Waals surface area contributed by atoms with Gasteiger partial charge in [0.1, 0.15) is 19.8 Å². The number of hydrogen-bond donors (Lipinski definition) is 0. The molecule has 0 N–H and O–H groups in total. The molecule has 0 radical (unpaired) electrons. The molecule has 0 aliphatic carbocycles. The molecule has 0 aromatic heterocycles. The Morgan fingerprint density at radius 1 is 0.419 bits per heavy atom. The number of quaternary nitrogens is 1. The molecule has 0 aliphatic heterocycles. The van der Waals surface area contributed by atoms with Crippen LogP contribution in [0.5, 0.6) is 0 Å². The summed E-state index contributed by atoms with van der Waals surface area (Å²) < 4.78 is 34.0. The molecule has 0 saturated heterocycles. The number of carbonyl (C=O) groups excluding carboxylic acids is 2. The molecular weight excluding hydrogens is 942 g/mol. The highest BCUT2D eigenvalue weighted by Crippen LogP contribution is 2.38. The maximum atomic E-state index is 12.7. The van der Waals surface area contributed by atoms with E-state index in [0.29, 0.717) is 23.9 Å². The van der Waals surface area contributed by atoms with Crippen LogP contribution in [-0.2, 0) is 32.7 Å². The first-order valence-corrected chi connectivity index (χ1v) is 30.4. The van der Waals surface area contributed by atoms with Crippen LogP contribution in [0.1, 0.15) is 206 Å². The summed E-state index contributed by atoms with van der Waals surface area (Å²) in [5, 5.41) is 0. The van der Waals surface area contributed by atoms with Gasteiger partial charge in [0.05, 0.1) is 27.7 Å². The lowest BCUT2D eigenvalue weighted by Gasteiger charge is -2.28. The molecule has 0 fully saturated rings. The van der Waals surface area contributed by atoms with Crippen molar-refractivity contribution in [1.29, 1.82) is 0 Å². The Morgan fingerprint density at radius 3 is 1.14 bits per heavy atom. The van der Waals surface area contributed by atoms with E-state index in [1.54, 1.807) is 0 Å². The number of phosphoric acid groups is 1. The summed E-state index contributed by atoms with van der Waals surface area (Å²) >= 11 is 0. The summed E-state index contributed by atoms with van der Waals surface area (Å²) in [4.78, 5) is 37.8. The molecule has 10 heteroatoms. The maximum absolute atomic E-state index is 12.7. The molecule has 2 unspecified atom stereocenters. The number of carbonyl (C=O) groups is 2. The molecule has 0 aromatic carbocycles. The predicted octanol–water partition coefficient (Wildman–Crippen LogP) is 17.5. The van der Waals surface area contributed by atoms with Crippen LogP contribution in [0.3, 0.4) is 0 Å². The molecular formula is C64H106NO8P. The minimum atomic E-state index is -4.66. The van der Waals surface area contributed by atoms with Crippen molar-refractivity contribution < 1.29 is 42.1 Å². The number of ether oxygens (including phenoxy) is 2. The van der Waals surface area contributed by atoms with Crippen LogP contribution in [0.15, 0.2) is 134 Å². The topological polar surface area (TPSA) is 111 Å². The fourth-order valence-corrected chi connectivity index (χ4v) is 8.02. The molecule has 0 heterocycles. The Bertz CT molecular complexity index is 1710. The highest BCUT2D eigenvalue weighted by Gasteiger charge is 2.21. The molecule has 0 rings (SSSR count). The first kappa shape index (κ1) is 70.1. The normalized spacial score (nSPS) is 14.3. The lowest BCUT2D eigenvalue weighted by Crippen LogP contribution is -2.37. The fraction of sp³-hybridized carbons (Fsp3) is 0.625. The maximum Gasteiger partial charge on any atom is 0.306 e. The standard InChI is InChI=1S/C64H106NO8P/c1-6-8-10-12-14-16-18-20-22-24-26-27-28-29-30-31-32-33-34-35-36-37-39-40-42-44-46-48-50-52-54-56-63(66)70-60-62(61-72-74(68,69)71-59-58-65(3,4)5)73-64(67)57-55-53-51-49-47-45-43-41-38-25-23-21-19-17-15-13-11-9-7-2/h8-11,14-17,20-23,26-27,29-30,38,41,45,47,51,53,62H,6-7,12-13,18-19,24-25,28,31-37,39-40,42-44,46,48-50,52,54-61H2,1-5H3/b10-8-,11-9-,16-14-,17-15-,22-20-,23-21-,27-26-,30-29-,41-38-,47-45-,53-51-. The van der Waals surface area contributed by atoms with Gasteiger partial charge < -0.3 is 27.9 Å². The summed E-state index contributed by atoms with van der Waals surface area (Å²) in [7, 11) is 1.10. The minimum absolute atomic E-state index is 0.0509. The van der Waals surface area contributed by atoms with Crippen molar-refractivity contribution in [3.8, 4) is 0 Å². The summed E-state index contributed by atoms with van der Waals surface area (Å²) in [6.45, 7) is 3.91. The quantitative estimate of drug-likeness (QED) is 0.0195. The van der Waals surface area contributed by atoms with E-state index < -0.39 is 32.5 Å². The zero-order valence-electron chi connectivity index (χ0n) is 47.5. The molecule has 0 spiro atoms. The van der Waals surface area contributed by atoms with Gasteiger partial charge in [-0.1, -0.05) is 231 Å². The summed E-state index contributed by atoms with van der Waals surface area (Å²) in [6, 6.07) is 0. The molecule has 0 amide bonds. The summed E-state index contributed by atoms with van der Waals surface area (Å²) in [5.74, 6) is -0.939. The number of likely N-dealkylation sites (N-methyl/N-ethyl adjacent to an activating group) is 1. The van der Waals surface area contributed by atoms with E-state index in [9.17, 15) is 19.0 Å². The highest BCUT2D eigenvalue weighted by atomic mass is 31.2. The number of phosphoric ester groups is 1. The average molecular weight is 1050 g/mol. The molecule has 0 aliphatic rings. The Kier molecular flexibility index (Phi) is 51.2. The van der Waals surface area contributed by atoms with Crippen LogP contribution in [0.2, 0.25) is 0 Å². The van der Waals surface area contributed by atoms with E-state index >= 15 is 0 Å². The van der Waals surface area contributed by atoms with Gasteiger partial charge in [0.15, 0.2) is 6.10 Å². The molecule has 0 aromatic rings. The molecule has 74 heavy (non-hydrogen) atoms. The van der Waals surface area contributed by atoms with Gasteiger partial charge in [0.25, 0.3) is 7.82 Å². The summed E-state index contributed by atoms with van der Waals surface area (Å²) in [6.07, 6.45) is 78.1. The zero-order valence-corrected chi connectivity index (χ0v) is 48.4. The molecule has 0 saturated carbocycles. The Morgan fingerprint density at radius 2 is 0.757 bits per heavy atom. The second kappa shape index (κ2) is 54.0. The second-order valence-corrected chi connectivity index (χ2v) is 21.3. The lowest BCUT2D eigenvalue weighted by atomic mass is 10.0. The van der Waals surface area contributed by atoms with Gasteiger partial charge in [0.2, 0.25) is 0 Å². The molecule has 0 bridgehead atoms. The third-order valence-corrected chi connectivity index (χ3v) is 12.6. The van der Waals surface area contributed by atoms with Crippen molar-refractivity contribution in [2.75, 3.05) is 47.5 Å². The fourth-order valence-electron chi connectivity index (χ4n) is 7.30. The number of esters is 2. The number of rotatable bonds is 51. The van der Waals surface area contributed by atoms with Gasteiger partial charge in [-0.3, -0.25) is 14.2 Å². The zero-order chi connectivity index (χ0) is 54.2. The van der Waals surface area contributed by atoms with Gasteiger partial charge in [-0.15, -0.1) is 0 Å². The predicted molar refractivity (Wildman–Crippen MR) is 314 cm³/mol. The second-order valence-electron chi connectivity index (χ2n) is 19.9. The van der Waals surface area contributed by atoms with Gasteiger partial charge in [-0.05, 0) is 96.3 Å². The summed E-state index contributed by atoms with van der Waals surface area (Å²) in [5.41, 5.74) is 0. The van der Waals surface area contributed by atoms with Crippen LogP contribution in [0, 0.1) is 0 Å². The van der Waals surface area contributed by atoms with Crippen molar-refractivity contribution in [3.05, 3.63) is 134 Å². The molecule has 2 atom stereocenters. The van der Waals surface area contributed by atoms with Crippen LogP contribution in [-0.4, -0.2) is 70.0 Å². The van der Waals surface area contributed by atoms with E-state index in [-0.39, 0.29) is 26.1 Å². The van der Waals surface area contributed by atoms with Gasteiger partial charge in [0, 0.05) is 12.8 Å². The smallest absolute Gasteiger partial charge is 0.306 e. The van der Waals surface area contributed by atoms with Crippen LogP contribution in [0.4, 0.5) is 0 Å². The Balaban J connectivity index is 4.20. The van der Waals surface area contributed by atoms with Crippen LogP contribution < -0.4 is 4.89 Å². The van der Waals surface area contributed by atoms with Crippen molar-refractivity contribution in [2.45, 2.75) is 213 Å². The Hall–Kier alpha value is -3.85. The molecule has 9 nitrogen and oxygen atoms in total. The largest absolute Gasteiger partial charge is 0.756 e. The van der Waals surface area contributed by atoms with E-state index in [4.69, 9.17) is 18.5 Å². The highest BCUT2D eigenvalue weighted by molar-refractivity contribution is 7.45.